The van der Waals surface area contributed by atoms with Crippen molar-refractivity contribution in [1.29, 1.82) is 0 Å². The SMILES string of the molecule is COc1nc(N2CC3CC2CO3)cc(-n2ncc3cc(Cl)c(C4CCN(C5CCOC5)CC4)cc32)n1.S.S. The molecule has 9 nitrogen and oxygen atoms in total. The van der Waals surface area contributed by atoms with E-state index in [0.717, 1.165) is 86.9 Å². The number of nitrogens with zero attached hydrogens (tertiary/aromatic N) is 6. The van der Waals surface area contributed by atoms with Gasteiger partial charge in [0.05, 0.1) is 44.2 Å². The fraction of sp³-hybridized carbons (Fsp3) is 0.577. The van der Waals surface area contributed by atoms with E-state index in [9.17, 15) is 0 Å². The molecule has 4 saturated heterocycles. The minimum absolute atomic E-state index is 0. The van der Waals surface area contributed by atoms with Crippen LogP contribution in [0.1, 0.15) is 37.2 Å². The molecule has 2 bridgehead atoms. The summed E-state index contributed by atoms with van der Waals surface area (Å²) in [7, 11) is 1.60. The van der Waals surface area contributed by atoms with Crippen LogP contribution < -0.4 is 9.64 Å². The summed E-state index contributed by atoms with van der Waals surface area (Å²) < 4.78 is 18.8. The number of morpholine rings is 1. The maximum atomic E-state index is 6.82. The number of hydrogen-bond donors (Lipinski definition) is 0. The summed E-state index contributed by atoms with van der Waals surface area (Å²) in [6.45, 7) is 5.51. The van der Waals surface area contributed by atoms with E-state index in [1.165, 1.54) is 5.56 Å². The first-order chi connectivity index (χ1) is 17.7. The third-order valence-electron chi connectivity index (χ3n) is 8.35. The molecule has 206 valence electrons. The molecular formula is C26H35ClN6O3S2. The van der Waals surface area contributed by atoms with Crippen molar-refractivity contribution in [2.45, 2.75) is 49.8 Å². The summed E-state index contributed by atoms with van der Waals surface area (Å²) in [6.07, 6.45) is 6.52. The third kappa shape index (κ3) is 4.97. The van der Waals surface area contributed by atoms with E-state index in [4.69, 9.17) is 30.9 Å². The van der Waals surface area contributed by atoms with E-state index in [1.54, 1.807) is 7.11 Å². The predicted octanol–water partition coefficient (Wildman–Crippen LogP) is 3.65. The first-order valence-electron chi connectivity index (χ1n) is 13.0. The van der Waals surface area contributed by atoms with Gasteiger partial charge in [0.2, 0.25) is 0 Å². The molecule has 6 heterocycles. The lowest BCUT2D eigenvalue weighted by Crippen LogP contribution is -2.41. The van der Waals surface area contributed by atoms with Crippen LogP contribution in [0, 0.1) is 0 Å². The average molecular weight is 579 g/mol. The van der Waals surface area contributed by atoms with Crippen LogP contribution in [0.2, 0.25) is 5.02 Å². The van der Waals surface area contributed by atoms with Gasteiger partial charge in [0.1, 0.15) is 5.82 Å². The molecule has 3 unspecified atom stereocenters. The zero-order chi connectivity index (χ0) is 24.2. The maximum Gasteiger partial charge on any atom is 0.320 e. The van der Waals surface area contributed by atoms with Gasteiger partial charge in [-0.2, -0.15) is 42.1 Å². The lowest BCUT2D eigenvalue weighted by molar-refractivity contribution is 0.0988. The number of hydrogen-bond acceptors (Lipinski definition) is 8. The van der Waals surface area contributed by atoms with Crippen molar-refractivity contribution < 1.29 is 14.2 Å². The summed E-state index contributed by atoms with van der Waals surface area (Å²) in [6, 6.07) is 7.53. The summed E-state index contributed by atoms with van der Waals surface area (Å²) in [5.41, 5.74) is 2.20. The van der Waals surface area contributed by atoms with Gasteiger partial charge in [-0.3, -0.25) is 4.90 Å². The van der Waals surface area contributed by atoms with Crippen LogP contribution in [0.5, 0.6) is 6.01 Å². The van der Waals surface area contributed by atoms with Crippen molar-refractivity contribution in [3.05, 3.63) is 35.0 Å². The number of benzene rings is 1. The van der Waals surface area contributed by atoms with Gasteiger partial charge in [-0.05, 0) is 62.4 Å². The molecule has 4 fully saturated rings. The average Bonchev–Trinajstić information content (AvgIpc) is 3.73. The molecule has 1 aromatic carbocycles. The number of anilines is 1. The molecule has 0 aliphatic carbocycles. The normalized spacial score (nSPS) is 25.5. The Hall–Kier alpha value is -1.76. The van der Waals surface area contributed by atoms with Crippen molar-refractivity contribution >= 4 is 55.3 Å². The van der Waals surface area contributed by atoms with Crippen LogP contribution >= 0.6 is 38.6 Å². The minimum Gasteiger partial charge on any atom is -0.467 e. The number of aromatic nitrogens is 4. The molecule has 2 aromatic heterocycles. The van der Waals surface area contributed by atoms with E-state index >= 15 is 0 Å². The number of methoxy groups -OCH3 is 1. The zero-order valence-corrected chi connectivity index (χ0v) is 24.2. The van der Waals surface area contributed by atoms with E-state index < -0.39 is 0 Å². The Morgan fingerprint density at radius 3 is 2.50 bits per heavy atom. The van der Waals surface area contributed by atoms with E-state index in [-0.39, 0.29) is 33.1 Å². The van der Waals surface area contributed by atoms with Crippen molar-refractivity contribution in [3.63, 3.8) is 0 Å². The molecule has 3 atom stereocenters. The van der Waals surface area contributed by atoms with Gasteiger partial charge in [-0.15, -0.1) is 0 Å². The number of piperidine rings is 1. The van der Waals surface area contributed by atoms with E-state index in [1.807, 2.05) is 23.0 Å². The first kappa shape index (κ1) is 27.8. The Labute approximate surface area is 241 Å². The van der Waals surface area contributed by atoms with Gasteiger partial charge in [0.25, 0.3) is 0 Å². The highest BCUT2D eigenvalue weighted by Gasteiger charge is 2.40. The Morgan fingerprint density at radius 1 is 1.00 bits per heavy atom. The minimum atomic E-state index is 0. The summed E-state index contributed by atoms with van der Waals surface area (Å²) >= 11 is 6.82. The second-order valence-corrected chi connectivity index (χ2v) is 10.8. The molecular weight excluding hydrogens is 544 g/mol. The van der Waals surface area contributed by atoms with Gasteiger partial charge in [-0.25, -0.2) is 4.68 Å². The number of ether oxygens (including phenoxy) is 3. The Morgan fingerprint density at radius 2 is 1.82 bits per heavy atom. The topological polar surface area (TPSA) is 77.8 Å². The molecule has 7 rings (SSSR count). The quantitative estimate of drug-likeness (QED) is 0.454. The fourth-order valence-electron chi connectivity index (χ4n) is 6.37. The molecule has 0 radical (unpaired) electrons. The molecule has 4 aliphatic rings. The van der Waals surface area contributed by atoms with Crippen LogP contribution in [0.15, 0.2) is 24.4 Å². The highest BCUT2D eigenvalue weighted by atomic mass is 35.5. The predicted molar refractivity (Wildman–Crippen MR) is 157 cm³/mol. The largest absolute Gasteiger partial charge is 0.467 e. The second kappa shape index (κ2) is 11.4. The molecule has 4 aliphatic heterocycles. The smallest absolute Gasteiger partial charge is 0.320 e. The molecule has 3 aromatic rings. The highest BCUT2D eigenvalue weighted by molar-refractivity contribution is 7.59. The molecule has 0 amide bonds. The monoisotopic (exact) mass is 578 g/mol. The van der Waals surface area contributed by atoms with Gasteiger partial charge in [-0.1, -0.05) is 11.6 Å². The first-order valence-corrected chi connectivity index (χ1v) is 13.3. The van der Waals surface area contributed by atoms with Crippen molar-refractivity contribution in [1.82, 2.24) is 24.6 Å². The van der Waals surface area contributed by atoms with Crippen molar-refractivity contribution in [2.24, 2.45) is 0 Å². The number of rotatable bonds is 5. The maximum absolute atomic E-state index is 6.82. The van der Waals surface area contributed by atoms with Crippen LogP contribution in [-0.2, 0) is 9.47 Å². The Kier molecular flexibility index (Phi) is 8.33. The van der Waals surface area contributed by atoms with Crippen molar-refractivity contribution in [2.75, 3.05) is 51.5 Å². The third-order valence-corrected chi connectivity index (χ3v) is 8.68. The lowest BCUT2D eigenvalue weighted by atomic mass is 9.88. The molecule has 38 heavy (non-hydrogen) atoms. The van der Waals surface area contributed by atoms with Gasteiger partial charge in [0.15, 0.2) is 5.82 Å². The van der Waals surface area contributed by atoms with Crippen LogP contribution in [0.25, 0.3) is 16.7 Å². The summed E-state index contributed by atoms with van der Waals surface area (Å²) in [4.78, 5) is 14.2. The fourth-order valence-corrected chi connectivity index (χ4v) is 6.70. The summed E-state index contributed by atoms with van der Waals surface area (Å²) in [5, 5.41) is 6.51. The van der Waals surface area contributed by atoms with Crippen LogP contribution in [-0.4, -0.2) is 89.4 Å². The van der Waals surface area contributed by atoms with Crippen LogP contribution in [0.4, 0.5) is 5.82 Å². The molecule has 0 saturated carbocycles. The highest BCUT2D eigenvalue weighted by Crippen LogP contribution is 2.37. The van der Waals surface area contributed by atoms with Gasteiger partial charge >= 0.3 is 6.01 Å². The molecule has 0 N–H and O–H groups in total. The zero-order valence-electron chi connectivity index (χ0n) is 21.5. The molecule has 12 heteroatoms. The number of halogens is 1. The van der Waals surface area contributed by atoms with E-state index in [2.05, 4.69) is 25.8 Å². The summed E-state index contributed by atoms with van der Waals surface area (Å²) in [5.74, 6) is 1.98. The van der Waals surface area contributed by atoms with Gasteiger partial charge < -0.3 is 19.1 Å². The van der Waals surface area contributed by atoms with Crippen LogP contribution in [0.3, 0.4) is 0 Å². The lowest BCUT2D eigenvalue weighted by Gasteiger charge is -2.35. The standard InChI is InChI=1S/C26H31ClN6O3.2H2S/c1-34-26-29-24(32-13-20-9-19(32)15-36-20)11-25(30-26)33-23-10-21(22(27)8-17(23)12-28-33)16-2-5-31(6-3-16)18-4-7-35-14-18;;/h8,10-12,16,18-20H,2-7,9,13-15H2,1H3;2*1H2. The van der Waals surface area contributed by atoms with Gasteiger partial charge in [0, 0.05) is 35.7 Å². The number of fused-ring (bicyclic) bond motifs is 3. The Balaban J connectivity index is 0.00000147. The number of likely N-dealkylation sites (tertiary alicyclic amines) is 1. The molecule has 0 spiro atoms. The van der Waals surface area contributed by atoms with Crippen molar-refractivity contribution in [3.8, 4) is 11.8 Å². The second-order valence-electron chi connectivity index (χ2n) is 10.4. The Bertz CT molecular complexity index is 1280. The van der Waals surface area contributed by atoms with E-state index in [0.29, 0.717) is 29.8 Å².